The van der Waals surface area contributed by atoms with E-state index in [2.05, 4.69) is 10.2 Å². The van der Waals surface area contributed by atoms with E-state index in [9.17, 15) is 19.7 Å². The third kappa shape index (κ3) is 8.53. The van der Waals surface area contributed by atoms with E-state index in [0.29, 0.717) is 19.6 Å². The molecule has 0 aromatic carbocycles. The third-order valence-electron chi connectivity index (χ3n) is 6.46. The summed E-state index contributed by atoms with van der Waals surface area (Å²) in [5.41, 5.74) is 0. The highest BCUT2D eigenvalue weighted by Crippen LogP contribution is 2.27. The summed E-state index contributed by atoms with van der Waals surface area (Å²) < 4.78 is 12.6. The second-order valence-electron chi connectivity index (χ2n) is 8.66. The van der Waals surface area contributed by atoms with Gasteiger partial charge in [0.2, 0.25) is 0 Å². The van der Waals surface area contributed by atoms with Gasteiger partial charge in [-0.2, -0.15) is 0 Å². The maximum absolute atomic E-state index is 12.6. The van der Waals surface area contributed by atoms with E-state index in [-0.39, 0.29) is 44.0 Å². The van der Waals surface area contributed by atoms with Crippen LogP contribution in [0.1, 0.15) is 38.5 Å². The van der Waals surface area contributed by atoms with Crippen LogP contribution in [0, 0.1) is 17.8 Å². The molecule has 29 heavy (non-hydrogen) atoms. The van der Waals surface area contributed by atoms with Crippen LogP contribution in [0.3, 0.4) is 0 Å². The van der Waals surface area contributed by atoms with Gasteiger partial charge in [-0.25, -0.2) is 4.39 Å². The molecule has 3 aliphatic rings. The molecule has 2 saturated heterocycles. The lowest BCUT2D eigenvalue weighted by molar-refractivity contribution is -0.0868. The number of piperidine rings is 2. The van der Waals surface area contributed by atoms with Crippen molar-refractivity contribution in [2.75, 3.05) is 45.9 Å². The Hall–Kier alpha value is -0.0600. The zero-order valence-corrected chi connectivity index (χ0v) is 18.0. The molecule has 0 bridgehead atoms. The normalized spacial score (nSPS) is 36.6. The molecule has 6 atom stereocenters. The van der Waals surface area contributed by atoms with Gasteiger partial charge in [0.25, 0.3) is 0 Å². The fraction of sp³-hybridized carbons (Fsp3) is 1.00. The summed E-state index contributed by atoms with van der Waals surface area (Å²) in [5.74, 6) is 0.305. The van der Waals surface area contributed by atoms with Crippen LogP contribution in [0.15, 0.2) is 0 Å². The van der Waals surface area contributed by atoms with Crippen molar-refractivity contribution < 1.29 is 29.9 Å². The molecule has 0 amide bonds. The van der Waals surface area contributed by atoms with Crippen LogP contribution in [0.2, 0.25) is 0 Å². The Morgan fingerprint density at radius 3 is 2.10 bits per heavy atom. The standard InChI is InChI=1S/C14H27NO3.C6H12FNO2.ClH/c16-10-12-8-15(9-13(17)14(12)18)7-6-11-4-2-1-3-5-11;7-5-2-8-1-4(3-9)6(5)10;/h11-14,16-18H,1-10H2;4-6,8-10H,1-3H2;1H/t12-,13-,14-;4-,5+,6-;/m11./s1. The van der Waals surface area contributed by atoms with E-state index in [4.69, 9.17) is 10.2 Å². The molecular formula is C20H40ClFN2O5. The largest absolute Gasteiger partial charge is 0.396 e. The minimum Gasteiger partial charge on any atom is -0.396 e. The van der Waals surface area contributed by atoms with Crippen LogP contribution < -0.4 is 5.32 Å². The van der Waals surface area contributed by atoms with Crippen molar-refractivity contribution in [3.63, 3.8) is 0 Å². The van der Waals surface area contributed by atoms with Gasteiger partial charge in [-0.1, -0.05) is 32.1 Å². The highest BCUT2D eigenvalue weighted by atomic mass is 35.5. The van der Waals surface area contributed by atoms with Gasteiger partial charge in [-0.05, 0) is 18.9 Å². The summed E-state index contributed by atoms with van der Waals surface area (Å²) >= 11 is 0. The molecule has 3 rings (SSSR count). The van der Waals surface area contributed by atoms with Gasteiger partial charge in [-0.3, -0.25) is 0 Å². The molecule has 1 saturated carbocycles. The summed E-state index contributed by atoms with van der Waals surface area (Å²) in [4.78, 5) is 2.20. The number of aliphatic hydroxyl groups excluding tert-OH is 5. The van der Waals surface area contributed by atoms with Crippen molar-refractivity contribution in [1.29, 1.82) is 0 Å². The van der Waals surface area contributed by atoms with Gasteiger partial charge in [0.05, 0.1) is 18.3 Å². The first kappa shape index (κ1) is 27.0. The van der Waals surface area contributed by atoms with Gasteiger partial charge < -0.3 is 35.7 Å². The number of likely N-dealkylation sites (tertiary alicyclic amines) is 1. The number of hydrogen-bond donors (Lipinski definition) is 6. The van der Waals surface area contributed by atoms with Crippen LogP contribution in [-0.4, -0.2) is 101 Å². The Labute approximate surface area is 179 Å². The number of hydrogen-bond acceptors (Lipinski definition) is 7. The predicted molar refractivity (Wildman–Crippen MR) is 112 cm³/mol. The summed E-state index contributed by atoms with van der Waals surface area (Å²) in [5, 5.41) is 49.2. The van der Waals surface area contributed by atoms with Crippen molar-refractivity contribution in [2.45, 2.75) is 63.0 Å². The monoisotopic (exact) mass is 442 g/mol. The van der Waals surface area contributed by atoms with Crippen molar-refractivity contribution >= 4 is 12.4 Å². The predicted octanol–water partition coefficient (Wildman–Crippen LogP) is -0.0784. The Morgan fingerprint density at radius 2 is 1.52 bits per heavy atom. The van der Waals surface area contributed by atoms with Crippen molar-refractivity contribution in [2.24, 2.45) is 17.8 Å². The molecule has 0 unspecified atom stereocenters. The van der Waals surface area contributed by atoms with E-state index >= 15 is 0 Å². The average molecular weight is 443 g/mol. The zero-order valence-electron chi connectivity index (χ0n) is 17.2. The minimum absolute atomic E-state index is 0. The number of nitrogens with zero attached hydrogens (tertiary/aromatic N) is 1. The molecule has 0 aromatic heterocycles. The molecule has 0 spiro atoms. The first-order valence-corrected chi connectivity index (χ1v) is 10.8. The smallest absolute Gasteiger partial charge is 0.139 e. The maximum atomic E-state index is 12.6. The Bertz CT molecular complexity index is 434. The fourth-order valence-electron chi connectivity index (χ4n) is 4.51. The summed E-state index contributed by atoms with van der Waals surface area (Å²) in [6.07, 6.45) is 4.32. The SMILES string of the molecule is Cl.OC[C@H]1CN(CCC2CCCCC2)C[C@@H](O)[C@@H]1O.OC[C@H]1CNC[C@H](F)[C@@H]1O. The molecule has 0 radical (unpaired) electrons. The van der Waals surface area contributed by atoms with Gasteiger partial charge in [-0.15, -0.1) is 12.4 Å². The number of halogens is 2. The van der Waals surface area contributed by atoms with Crippen LogP contribution >= 0.6 is 12.4 Å². The molecule has 2 heterocycles. The number of rotatable bonds is 5. The first-order valence-electron chi connectivity index (χ1n) is 10.8. The highest BCUT2D eigenvalue weighted by molar-refractivity contribution is 5.85. The lowest BCUT2D eigenvalue weighted by Crippen LogP contribution is -2.53. The van der Waals surface area contributed by atoms with Gasteiger partial charge in [0, 0.05) is 51.2 Å². The second kappa shape index (κ2) is 14.1. The molecule has 0 aromatic rings. The van der Waals surface area contributed by atoms with E-state index in [1.807, 2.05) is 0 Å². The van der Waals surface area contributed by atoms with Crippen molar-refractivity contribution in [3.05, 3.63) is 0 Å². The van der Waals surface area contributed by atoms with Crippen molar-refractivity contribution in [3.8, 4) is 0 Å². The number of alkyl halides is 1. The molecule has 2 aliphatic heterocycles. The number of aliphatic hydroxyl groups is 5. The fourth-order valence-corrected chi connectivity index (χ4v) is 4.51. The molecule has 1 aliphatic carbocycles. The zero-order chi connectivity index (χ0) is 20.5. The van der Waals surface area contributed by atoms with Crippen LogP contribution in [0.4, 0.5) is 4.39 Å². The minimum atomic E-state index is -1.23. The van der Waals surface area contributed by atoms with Crippen LogP contribution in [0.25, 0.3) is 0 Å². The second-order valence-corrected chi connectivity index (χ2v) is 8.66. The van der Waals surface area contributed by atoms with Gasteiger partial charge >= 0.3 is 0 Å². The van der Waals surface area contributed by atoms with Gasteiger partial charge in [0.1, 0.15) is 6.17 Å². The van der Waals surface area contributed by atoms with E-state index < -0.39 is 24.5 Å². The van der Waals surface area contributed by atoms with Gasteiger partial charge in [0.15, 0.2) is 0 Å². The van der Waals surface area contributed by atoms with Crippen LogP contribution in [-0.2, 0) is 0 Å². The first-order chi connectivity index (χ1) is 13.5. The topological polar surface area (TPSA) is 116 Å². The average Bonchev–Trinajstić information content (AvgIpc) is 2.72. The number of nitrogens with one attached hydrogen (secondary N) is 1. The number of β-amino-alcohol motifs (C(OH)–C–C–N with tert-alkyl or cyclic N) is 1. The summed E-state index contributed by atoms with van der Waals surface area (Å²) in [6, 6.07) is 0. The lowest BCUT2D eigenvalue weighted by atomic mass is 9.86. The Balaban J connectivity index is 0.000000327. The Morgan fingerprint density at radius 1 is 0.862 bits per heavy atom. The molecule has 7 nitrogen and oxygen atoms in total. The van der Waals surface area contributed by atoms with E-state index in [1.165, 1.54) is 38.5 Å². The molecular weight excluding hydrogens is 403 g/mol. The quantitative estimate of drug-likeness (QED) is 0.353. The third-order valence-corrected chi connectivity index (χ3v) is 6.46. The van der Waals surface area contributed by atoms with E-state index in [0.717, 1.165) is 12.5 Å². The lowest BCUT2D eigenvalue weighted by Gasteiger charge is -2.39. The highest BCUT2D eigenvalue weighted by Gasteiger charge is 2.34. The van der Waals surface area contributed by atoms with E-state index in [1.54, 1.807) is 0 Å². The molecule has 6 N–H and O–H groups in total. The summed E-state index contributed by atoms with van der Waals surface area (Å²) in [7, 11) is 0. The molecule has 3 fully saturated rings. The summed E-state index contributed by atoms with van der Waals surface area (Å²) in [6.45, 7) is 2.74. The Kier molecular flexibility index (Phi) is 13.1. The van der Waals surface area contributed by atoms with Crippen molar-refractivity contribution in [1.82, 2.24) is 10.2 Å². The molecule has 9 heteroatoms. The maximum Gasteiger partial charge on any atom is 0.139 e. The molecule has 174 valence electrons. The van der Waals surface area contributed by atoms with Crippen LogP contribution in [0.5, 0.6) is 0 Å².